The first-order valence-electron chi connectivity index (χ1n) is 7.32. The highest BCUT2D eigenvalue weighted by atomic mass is 16.5. The summed E-state index contributed by atoms with van der Waals surface area (Å²) in [6.07, 6.45) is 3.75. The van der Waals surface area contributed by atoms with E-state index in [2.05, 4.69) is 36.9 Å². The highest BCUT2D eigenvalue weighted by Crippen LogP contribution is 2.32. The Bertz CT molecular complexity index is 404. The van der Waals surface area contributed by atoms with Gasteiger partial charge in [0.1, 0.15) is 5.75 Å². The van der Waals surface area contributed by atoms with E-state index in [0.29, 0.717) is 6.10 Å². The van der Waals surface area contributed by atoms with Crippen LogP contribution in [0.3, 0.4) is 0 Å². The predicted octanol–water partition coefficient (Wildman–Crippen LogP) is 3.26. The van der Waals surface area contributed by atoms with Crippen LogP contribution >= 0.6 is 0 Å². The fourth-order valence-electron chi connectivity index (χ4n) is 2.73. The molecule has 0 spiro atoms. The van der Waals surface area contributed by atoms with E-state index in [1.807, 2.05) is 0 Å². The fraction of sp³-hybridized carbons (Fsp3) is 0.625. The van der Waals surface area contributed by atoms with Gasteiger partial charge in [-0.3, -0.25) is 0 Å². The fourth-order valence-corrected chi connectivity index (χ4v) is 2.73. The molecule has 2 rings (SSSR count). The standard InChI is InChI=1S/C16H25NO2/c1-4-13-8-9-15(16(11-13)18-3)17-10-6-7-14(12-17)19-5-2/h8-9,11,14H,4-7,10,12H2,1-3H3. The first kappa shape index (κ1) is 14.2. The third-order valence-corrected chi connectivity index (χ3v) is 3.77. The molecule has 1 aliphatic heterocycles. The van der Waals surface area contributed by atoms with Crippen LogP contribution in [0.1, 0.15) is 32.3 Å². The maximum Gasteiger partial charge on any atom is 0.142 e. The number of hydrogen-bond acceptors (Lipinski definition) is 3. The van der Waals surface area contributed by atoms with Gasteiger partial charge in [-0.1, -0.05) is 13.0 Å². The van der Waals surface area contributed by atoms with Crippen LogP contribution in [0.5, 0.6) is 5.75 Å². The SMILES string of the molecule is CCOC1CCCN(c2ccc(CC)cc2OC)C1. The van der Waals surface area contributed by atoms with Gasteiger partial charge in [-0.25, -0.2) is 0 Å². The Morgan fingerprint density at radius 2 is 2.16 bits per heavy atom. The van der Waals surface area contributed by atoms with E-state index in [1.54, 1.807) is 7.11 Å². The minimum atomic E-state index is 0.356. The lowest BCUT2D eigenvalue weighted by molar-refractivity contribution is 0.0526. The van der Waals surface area contributed by atoms with Crippen LogP contribution in [0.4, 0.5) is 5.69 Å². The lowest BCUT2D eigenvalue weighted by atomic mass is 10.1. The number of hydrogen-bond donors (Lipinski definition) is 0. The number of ether oxygens (including phenoxy) is 2. The van der Waals surface area contributed by atoms with Gasteiger partial charge in [0.15, 0.2) is 0 Å². The van der Waals surface area contributed by atoms with Gasteiger partial charge in [-0.05, 0) is 43.9 Å². The number of methoxy groups -OCH3 is 1. The predicted molar refractivity (Wildman–Crippen MR) is 79.2 cm³/mol. The zero-order valence-electron chi connectivity index (χ0n) is 12.3. The molecular formula is C16H25NO2. The first-order valence-corrected chi connectivity index (χ1v) is 7.32. The zero-order chi connectivity index (χ0) is 13.7. The maximum absolute atomic E-state index is 5.77. The number of piperidine rings is 1. The maximum atomic E-state index is 5.77. The summed E-state index contributed by atoms with van der Waals surface area (Å²) in [4.78, 5) is 2.39. The van der Waals surface area contributed by atoms with Crippen LogP contribution in [0.25, 0.3) is 0 Å². The van der Waals surface area contributed by atoms with Gasteiger partial charge in [-0.2, -0.15) is 0 Å². The summed E-state index contributed by atoms with van der Waals surface area (Å²) < 4.78 is 11.3. The lowest BCUT2D eigenvalue weighted by Crippen LogP contribution is -2.39. The Morgan fingerprint density at radius 1 is 1.32 bits per heavy atom. The largest absolute Gasteiger partial charge is 0.495 e. The Morgan fingerprint density at radius 3 is 2.84 bits per heavy atom. The summed E-state index contributed by atoms with van der Waals surface area (Å²) in [6, 6.07) is 6.54. The summed E-state index contributed by atoms with van der Waals surface area (Å²) in [7, 11) is 1.75. The molecule has 1 aliphatic rings. The number of benzene rings is 1. The Hall–Kier alpha value is -1.22. The number of rotatable bonds is 5. The molecule has 1 aromatic carbocycles. The van der Waals surface area contributed by atoms with Gasteiger partial charge in [0, 0.05) is 19.7 Å². The molecule has 1 fully saturated rings. The molecule has 1 saturated heterocycles. The van der Waals surface area contributed by atoms with Gasteiger partial charge in [-0.15, -0.1) is 0 Å². The molecule has 0 aliphatic carbocycles. The molecule has 106 valence electrons. The molecule has 0 bridgehead atoms. The third kappa shape index (κ3) is 3.41. The van der Waals surface area contributed by atoms with Gasteiger partial charge in [0.05, 0.1) is 18.9 Å². The van der Waals surface area contributed by atoms with Gasteiger partial charge >= 0.3 is 0 Å². The molecule has 3 heteroatoms. The van der Waals surface area contributed by atoms with Crippen molar-refractivity contribution in [2.24, 2.45) is 0 Å². The number of aryl methyl sites for hydroxylation is 1. The van der Waals surface area contributed by atoms with Crippen LogP contribution < -0.4 is 9.64 Å². The van der Waals surface area contributed by atoms with Crippen LogP contribution in [0, 0.1) is 0 Å². The number of anilines is 1. The van der Waals surface area contributed by atoms with Crippen molar-refractivity contribution in [1.82, 2.24) is 0 Å². The Labute approximate surface area is 116 Å². The molecule has 0 radical (unpaired) electrons. The summed E-state index contributed by atoms with van der Waals surface area (Å²) in [5.74, 6) is 0.983. The molecule has 1 unspecified atom stereocenters. The summed E-state index contributed by atoms with van der Waals surface area (Å²) in [5.41, 5.74) is 2.52. The van der Waals surface area contributed by atoms with Crippen molar-refractivity contribution in [1.29, 1.82) is 0 Å². The van der Waals surface area contributed by atoms with Crippen molar-refractivity contribution in [2.45, 2.75) is 39.2 Å². The van der Waals surface area contributed by atoms with Crippen LogP contribution in [-0.2, 0) is 11.2 Å². The molecule has 0 aromatic heterocycles. The highest BCUT2D eigenvalue weighted by Gasteiger charge is 2.22. The second kappa shape index (κ2) is 6.80. The van der Waals surface area contributed by atoms with Crippen molar-refractivity contribution in [3.05, 3.63) is 23.8 Å². The lowest BCUT2D eigenvalue weighted by Gasteiger charge is -2.35. The van der Waals surface area contributed by atoms with Crippen molar-refractivity contribution >= 4 is 5.69 Å². The summed E-state index contributed by atoms with van der Waals surface area (Å²) >= 11 is 0. The van der Waals surface area contributed by atoms with Crippen molar-refractivity contribution in [2.75, 3.05) is 31.7 Å². The molecule has 19 heavy (non-hydrogen) atoms. The topological polar surface area (TPSA) is 21.7 Å². The molecule has 1 atom stereocenters. The van der Waals surface area contributed by atoms with E-state index in [-0.39, 0.29) is 0 Å². The number of nitrogens with zero attached hydrogens (tertiary/aromatic N) is 1. The quantitative estimate of drug-likeness (QED) is 0.814. The van der Waals surface area contributed by atoms with E-state index >= 15 is 0 Å². The van der Waals surface area contributed by atoms with E-state index in [9.17, 15) is 0 Å². The minimum absolute atomic E-state index is 0.356. The monoisotopic (exact) mass is 263 g/mol. The van der Waals surface area contributed by atoms with E-state index in [1.165, 1.54) is 24.1 Å². The molecule has 3 nitrogen and oxygen atoms in total. The van der Waals surface area contributed by atoms with E-state index in [4.69, 9.17) is 9.47 Å². The van der Waals surface area contributed by atoms with E-state index < -0.39 is 0 Å². The summed E-state index contributed by atoms with van der Waals surface area (Å²) in [6.45, 7) is 7.08. The van der Waals surface area contributed by atoms with Crippen molar-refractivity contribution < 1.29 is 9.47 Å². The van der Waals surface area contributed by atoms with Crippen molar-refractivity contribution in [3.63, 3.8) is 0 Å². The highest BCUT2D eigenvalue weighted by molar-refractivity contribution is 5.60. The smallest absolute Gasteiger partial charge is 0.142 e. The van der Waals surface area contributed by atoms with E-state index in [0.717, 1.165) is 31.9 Å². The normalized spacial score (nSPS) is 19.5. The molecule has 0 saturated carbocycles. The van der Waals surface area contributed by atoms with Gasteiger partial charge in [0.2, 0.25) is 0 Å². The van der Waals surface area contributed by atoms with Crippen LogP contribution in [0.2, 0.25) is 0 Å². The van der Waals surface area contributed by atoms with Gasteiger partial charge in [0.25, 0.3) is 0 Å². The molecule has 0 amide bonds. The third-order valence-electron chi connectivity index (χ3n) is 3.77. The molecule has 0 N–H and O–H groups in total. The minimum Gasteiger partial charge on any atom is -0.495 e. The molecule has 1 aromatic rings. The Kier molecular flexibility index (Phi) is 5.08. The van der Waals surface area contributed by atoms with Gasteiger partial charge < -0.3 is 14.4 Å². The Balaban J connectivity index is 2.16. The first-order chi connectivity index (χ1) is 9.28. The average molecular weight is 263 g/mol. The van der Waals surface area contributed by atoms with Crippen LogP contribution in [-0.4, -0.2) is 32.9 Å². The molecule has 1 heterocycles. The average Bonchev–Trinajstić information content (AvgIpc) is 2.47. The second-order valence-corrected chi connectivity index (χ2v) is 5.03. The van der Waals surface area contributed by atoms with Crippen LogP contribution in [0.15, 0.2) is 18.2 Å². The second-order valence-electron chi connectivity index (χ2n) is 5.03. The zero-order valence-corrected chi connectivity index (χ0v) is 12.3. The molecular weight excluding hydrogens is 238 g/mol. The van der Waals surface area contributed by atoms with Crippen molar-refractivity contribution in [3.8, 4) is 5.75 Å². The summed E-state index contributed by atoms with van der Waals surface area (Å²) in [5, 5.41) is 0.